The van der Waals surface area contributed by atoms with E-state index in [1.807, 2.05) is 12.1 Å². The molecule has 13 nitrogen and oxygen atoms in total. The third-order valence-corrected chi connectivity index (χ3v) is 21.6. The van der Waals surface area contributed by atoms with Crippen LogP contribution in [0.1, 0.15) is 118 Å². The van der Waals surface area contributed by atoms with Gasteiger partial charge < -0.3 is 35.2 Å². The van der Waals surface area contributed by atoms with Gasteiger partial charge in [-0.25, -0.2) is 19.0 Å². The summed E-state index contributed by atoms with van der Waals surface area (Å²) in [5.41, 5.74) is 15.1. The molecule has 21 heteroatoms. The molecule has 0 radical (unpaired) electrons. The van der Waals surface area contributed by atoms with E-state index in [0.717, 1.165) is 56.3 Å². The summed E-state index contributed by atoms with van der Waals surface area (Å²) in [7, 11) is 4.26. The second-order valence-electron chi connectivity index (χ2n) is 25.0. The number of alkyl halides is 6. The molecule has 0 spiro atoms. The Morgan fingerprint density at radius 1 is 0.571 bits per heavy atom. The van der Waals surface area contributed by atoms with E-state index in [4.69, 9.17) is 17.3 Å². The lowest BCUT2D eigenvalue weighted by molar-refractivity contribution is -0.275. The van der Waals surface area contributed by atoms with E-state index in [-0.39, 0.29) is 24.6 Å². The van der Waals surface area contributed by atoms with Crippen molar-refractivity contribution in [3.63, 3.8) is 0 Å². The standard InChI is InChI=1S/C26H36NP.C22H26F3N5O.C13H7ClF3N3O.C9H20N2/c1-27(2)25-19-11-9-17-23(25)24-18-10-12-20-26(24)28(21-13-5-3-6-14-21)22-15-7-4-8-16-22;1-15(2)29-10-8-16(9-11-29)13-26-20-6-7-21-27-14-19(30(21)28-20)17-4-3-5-18(12-17)31-22(23,24)25;14-11-4-5-12-18-7-10(20(12)19-11)8-2-1-3-9(6-8)21-13(15,16)17;1-8(2)11-5-3-9(7-10)4-6-11/h9-12,17-22H,3-8,13-16H2,1-2H3;3-7,12,14-16H,8-11,13H2,1-2H3,(H,26,28);1-7H;8-9H,3-7,10H2,1-2H3. The van der Waals surface area contributed by atoms with Crippen molar-refractivity contribution in [3.8, 4) is 45.1 Å². The predicted molar refractivity (Wildman–Crippen MR) is 358 cm³/mol. The third-order valence-electron chi connectivity index (χ3n) is 17.9. The molecule has 3 N–H and O–H groups in total. The average Bonchev–Trinajstić information content (AvgIpc) is 1.69. The fourth-order valence-corrected chi connectivity index (χ4v) is 17.1. The lowest BCUT2D eigenvalue weighted by atomic mass is 9.96. The summed E-state index contributed by atoms with van der Waals surface area (Å²) in [4.78, 5) is 15.7. The van der Waals surface area contributed by atoms with Gasteiger partial charge in [0.25, 0.3) is 0 Å². The molecule has 2 saturated heterocycles. The number of nitrogens with one attached hydrogen (secondary N) is 1. The van der Waals surface area contributed by atoms with Gasteiger partial charge in [0.2, 0.25) is 0 Å². The molecule has 91 heavy (non-hydrogen) atoms. The number of nitrogens with two attached hydrogens (primary N) is 1. The maximum Gasteiger partial charge on any atom is 0.573 e. The fourth-order valence-electron chi connectivity index (χ4n) is 13.0. The Bertz CT molecular complexity index is 3520. The van der Waals surface area contributed by atoms with Crippen molar-refractivity contribution in [3.05, 3.63) is 139 Å². The largest absolute Gasteiger partial charge is 0.573 e. The van der Waals surface area contributed by atoms with E-state index in [1.54, 1.807) is 40.3 Å². The molecular weight excluding hydrogens is 1210 g/mol. The molecule has 0 bridgehead atoms. The predicted octanol–water partition coefficient (Wildman–Crippen LogP) is 17.0. The van der Waals surface area contributed by atoms with Gasteiger partial charge in [-0.1, -0.05) is 125 Å². The van der Waals surface area contributed by atoms with Crippen molar-refractivity contribution >= 4 is 47.6 Å². The van der Waals surface area contributed by atoms with E-state index < -0.39 is 12.7 Å². The summed E-state index contributed by atoms with van der Waals surface area (Å²) in [5.74, 6) is 1.51. The molecule has 2 aliphatic carbocycles. The molecule has 4 fully saturated rings. The number of aromatic nitrogens is 6. The maximum atomic E-state index is 12.6. The quantitative estimate of drug-likeness (QED) is 0.0752. The molecule has 0 amide bonds. The highest BCUT2D eigenvalue weighted by molar-refractivity contribution is 7.67. The summed E-state index contributed by atoms with van der Waals surface area (Å²) < 4.78 is 85.5. The number of benzene rings is 4. The van der Waals surface area contributed by atoms with Crippen molar-refractivity contribution in [1.82, 2.24) is 39.0 Å². The molecule has 0 atom stereocenters. The highest BCUT2D eigenvalue weighted by Crippen LogP contribution is 2.56. The molecule has 6 heterocycles. The number of fused-ring (bicyclic) bond motifs is 2. The normalized spacial score (nSPS) is 16.9. The first-order chi connectivity index (χ1) is 43.7. The molecule has 12 rings (SSSR count). The van der Waals surface area contributed by atoms with Gasteiger partial charge in [-0.05, 0) is 200 Å². The van der Waals surface area contributed by atoms with Crippen molar-refractivity contribution in [1.29, 1.82) is 0 Å². The molecule has 4 aromatic carbocycles. The number of likely N-dealkylation sites (tertiary alicyclic amines) is 2. The minimum Gasteiger partial charge on any atom is -0.406 e. The van der Waals surface area contributed by atoms with Crippen LogP contribution in [0.5, 0.6) is 11.5 Å². The number of piperidine rings is 2. The van der Waals surface area contributed by atoms with Crippen molar-refractivity contribution in [2.45, 2.75) is 154 Å². The number of para-hydroxylation sites is 1. The average molecular weight is 1300 g/mol. The van der Waals surface area contributed by atoms with Gasteiger partial charge in [-0.3, -0.25) is 0 Å². The van der Waals surface area contributed by atoms with Crippen molar-refractivity contribution < 1.29 is 35.8 Å². The Balaban J connectivity index is 0.000000151. The Morgan fingerprint density at radius 2 is 1.04 bits per heavy atom. The minimum atomic E-state index is -4.74. The number of nitrogens with zero attached hydrogens (tertiary/aromatic N) is 9. The monoisotopic (exact) mass is 1300 g/mol. The van der Waals surface area contributed by atoms with Crippen molar-refractivity contribution in [2.75, 3.05) is 63.6 Å². The smallest absolute Gasteiger partial charge is 0.406 e. The topological polar surface area (TPSA) is 127 Å². The van der Waals surface area contributed by atoms with E-state index in [9.17, 15) is 26.3 Å². The van der Waals surface area contributed by atoms with E-state index >= 15 is 0 Å². The molecular formula is C70H89ClF6N11O2P. The van der Waals surface area contributed by atoms with Gasteiger partial charge in [-0.15, -0.1) is 31.4 Å². The molecule has 4 aromatic heterocycles. The first-order valence-corrected chi connectivity index (χ1v) is 34.2. The summed E-state index contributed by atoms with van der Waals surface area (Å²) in [6.45, 7) is 15.4. The number of imidazole rings is 2. The first kappa shape index (κ1) is 68.9. The Kier molecular flexibility index (Phi) is 24.5. The van der Waals surface area contributed by atoms with Crippen LogP contribution in [0.4, 0.5) is 37.8 Å². The molecule has 4 aliphatic rings. The molecule has 2 saturated carbocycles. The van der Waals surface area contributed by atoms with Crippen LogP contribution in [0.15, 0.2) is 134 Å². The lowest BCUT2D eigenvalue weighted by Crippen LogP contribution is -2.40. The summed E-state index contributed by atoms with van der Waals surface area (Å²) in [6, 6.07) is 38.1. The van der Waals surface area contributed by atoms with Gasteiger partial charge in [-0.2, -0.15) is 5.10 Å². The molecule has 0 unspecified atom stereocenters. The van der Waals surface area contributed by atoms with Crippen LogP contribution >= 0.6 is 19.5 Å². The zero-order valence-electron chi connectivity index (χ0n) is 53.3. The number of ether oxygens (including phenoxy) is 2. The Hall–Kier alpha value is -6.50. The van der Waals surface area contributed by atoms with Crippen LogP contribution in [0.3, 0.4) is 0 Å². The minimum absolute atomic E-state index is 0.0867. The summed E-state index contributed by atoms with van der Waals surface area (Å²) in [5, 5.41) is 14.0. The number of hydrogen-bond donors (Lipinski definition) is 2. The summed E-state index contributed by atoms with van der Waals surface area (Å²) >= 11 is 5.82. The molecule has 2 aliphatic heterocycles. The van der Waals surface area contributed by atoms with Gasteiger partial charge in [0.05, 0.1) is 23.8 Å². The number of anilines is 2. The van der Waals surface area contributed by atoms with Crippen LogP contribution in [-0.2, 0) is 0 Å². The zero-order valence-corrected chi connectivity index (χ0v) is 55.0. The van der Waals surface area contributed by atoms with Gasteiger partial charge in [0.15, 0.2) is 11.3 Å². The number of hydrogen-bond acceptors (Lipinski definition) is 11. The second-order valence-corrected chi connectivity index (χ2v) is 28.2. The fraction of sp³-hybridized carbons (Fsp3) is 0.486. The van der Waals surface area contributed by atoms with E-state index in [1.165, 1.54) is 154 Å². The summed E-state index contributed by atoms with van der Waals surface area (Å²) in [6.07, 6.45) is 13.1. The third kappa shape index (κ3) is 19.5. The SMILES string of the molecule is CC(C)N1CCC(CN)CC1.CC(C)N1CCC(CNc2ccc3ncc(-c4cccc(OC(F)(F)F)c4)n3n2)CC1.CN(C)c1ccccc1-c1ccccc1P(C1CCCCC1)C1CCCCC1.FC(F)(F)Oc1cccc(-c2cnc3ccc(Cl)nn23)c1. The van der Waals surface area contributed by atoms with E-state index in [0.29, 0.717) is 57.6 Å². The van der Waals surface area contributed by atoms with Gasteiger partial charge in [0, 0.05) is 55.1 Å². The van der Waals surface area contributed by atoms with Crippen LogP contribution in [-0.4, -0.2) is 128 Å². The van der Waals surface area contributed by atoms with Crippen LogP contribution in [0.2, 0.25) is 5.15 Å². The molecule has 8 aromatic rings. The Morgan fingerprint density at radius 3 is 1.54 bits per heavy atom. The van der Waals surface area contributed by atoms with Gasteiger partial charge >= 0.3 is 12.7 Å². The highest BCUT2D eigenvalue weighted by Gasteiger charge is 2.35. The lowest BCUT2D eigenvalue weighted by Gasteiger charge is -2.39. The van der Waals surface area contributed by atoms with E-state index in [2.05, 4.69) is 140 Å². The Labute approximate surface area is 538 Å². The number of halogens is 7. The number of rotatable bonds is 15. The van der Waals surface area contributed by atoms with Crippen LogP contribution in [0, 0.1) is 11.8 Å². The van der Waals surface area contributed by atoms with Gasteiger partial charge in [0.1, 0.15) is 22.5 Å². The van der Waals surface area contributed by atoms with Crippen LogP contribution < -0.4 is 30.7 Å². The zero-order chi connectivity index (χ0) is 64.7. The highest BCUT2D eigenvalue weighted by atomic mass is 35.5. The maximum absolute atomic E-state index is 12.6. The first-order valence-electron chi connectivity index (χ1n) is 32.3. The second kappa shape index (κ2) is 32.4. The van der Waals surface area contributed by atoms with Crippen molar-refractivity contribution in [2.24, 2.45) is 17.6 Å². The van der Waals surface area contributed by atoms with Crippen LogP contribution in [0.25, 0.3) is 44.9 Å². The molecule has 490 valence electrons.